The monoisotopic (exact) mass is 254 g/mol. The van der Waals surface area contributed by atoms with Crippen LogP contribution in [0.2, 0.25) is 0 Å². The molecule has 2 heterocycles. The van der Waals surface area contributed by atoms with Crippen molar-refractivity contribution in [3.8, 4) is 0 Å². The molecule has 0 aromatic carbocycles. The zero-order valence-corrected chi connectivity index (χ0v) is 13.5. The van der Waals surface area contributed by atoms with E-state index in [1.807, 2.05) is 13.8 Å². The summed E-state index contributed by atoms with van der Waals surface area (Å²) in [6.45, 7) is 13.5. The highest BCUT2D eigenvalue weighted by molar-refractivity contribution is 5.02. The summed E-state index contributed by atoms with van der Waals surface area (Å²) in [4.78, 5) is 4.73. The zero-order valence-electron chi connectivity index (χ0n) is 13.5. The summed E-state index contributed by atoms with van der Waals surface area (Å²) in [5, 5.41) is 0. The fourth-order valence-corrected chi connectivity index (χ4v) is 2.01. The number of likely N-dealkylation sites (N-methyl/N-ethyl adjacent to an activating group) is 1. The van der Waals surface area contributed by atoms with Crippen molar-refractivity contribution in [2.24, 2.45) is 5.92 Å². The van der Waals surface area contributed by atoms with Gasteiger partial charge in [-0.1, -0.05) is 32.4 Å². The molecule has 1 fully saturated rings. The Bertz CT molecular complexity index is 205. The minimum atomic E-state index is 0.978. The maximum absolute atomic E-state index is 2.40. The second-order valence-electron chi connectivity index (χ2n) is 5.55. The van der Waals surface area contributed by atoms with E-state index in [9.17, 15) is 0 Å². The van der Waals surface area contributed by atoms with Gasteiger partial charge in [0.25, 0.3) is 0 Å². The number of piperidine rings is 1. The Morgan fingerprint density at radius 2 is 1.56 bits per heavy atom. The first-order chi connectivity index (χ1) is 8.58. The van der Waals surface area contributed by atoms with Crippen molar-refractivity contribution in [3.05, 3.63) is 11.6 Å². The average Bonchev–Trinajstić information content (AvgIpc) is 2.40. The molecule has 0 amide bonds. The molecule has 2 nitrogen and oxygen atoms in total. The van der Waals surface area contributed by atoms with Crippen molar-refractivity contribution in [2.75, 3.05) is 40.3 Å². The number of likely N-dealkylation sites (tertiary alicyclic amines) is 1. The third-order valence-corrected chi connectivity index (χ3v) is 3.65. The Morgan fingerprint density at radius 1 is 1.00 bits per heavy atom. The Labute approximate surface area is 115 Å². The second kappa shape index (κ2) is 10.6. The van der Waals surface area contributed by atoms with Gasteiger partial charge in [0.1, 0.15) is 0 Å². The van der Waals surface area contributed by atoms with Gasteiger partial charge >= 0.3 is 0 Å². The van der Waals surface area contributed by atoms with Gasteiger partial charge in [-0.15, -0.1) is 0 Å². The summed E-state index contributed by atoms with van der Waals surface area (Å²) in [7, 11) is 4.36. The number of rotatable bonds is 0. The van der Waals surface area contributed by atoms with Crippen molar-refractivity contribution in [1.29, 1.82) is 0 Å². The topological polar surface area (TPSA) is 6.48 Å². The minimum Gasteiger partial charge on any atom is -0.306 e. The molecule has 0 radical (unpaired) electrons. The summed E-state index contributed by atoms with van der Waals surface area (Å²) in [5.41, 5.74) is 1.54. The van der Waals surface area contributed by atoms with Crippen LogP contribution in [0.15, 0.2) is 11.6 Å². The molecular formula is C16H34N2. The van der Waals surface area contributed by atoms with Gasteiger partial charge in [-0.2, -0.15) is 0 Å². The number of hydrogen-bond acceptors (Lipinski definition) is 2. The first-order valence-corrected chi connectivity index (χ1v) is 7.60. The zero-order chi connectivity index (χ0) is 14.0. The van der Waals surface area contributed by atoms with Gasteiger partial charge in [-0.05, 0) is 59.3 Å². The maximum atomic E-state index is 2.40. The predicted octanol–water partition coefficient (Wildman–Crippen LogP) is 3.64. The fourth-order valence-electron chi connectivity index (χ4n) is 2.01. The standard InChI is InChI=1S/C7H15N.C7H13N.C2H6/c2*1-7-3-5-8(2)6-4-7;1-2/h7H,3-6H2,1-2H3;3H,4-6H2,1-2H3;1-2H3. The second-order valence-corrected chi connectivity index (χ2v) is 5.55. The van der Waals surface area contributed by atoms with E-state index in [1.165, 1.54) is 38.9 Å². The lowest BCUT2D eigenvalue weighted by molar-refractivity contribution is 0.230. The van der Waals surface area contributed by atoms with Gasteiger partial charge < -0.3 is 9.80 Å². The molecule has 2 heteroatoms. The molecule has 0 spiro atoms. The Morgan fingerprint density at radius 3 is 1.89 bits per heavy atom. The average molecular weight is 254 g/mol. The molecule has 0 N–H and O–H groups in total. The molecule has 1 saturated heterocycles. The van der Waals surface area contributed by atoms with Gasteiger partial charge in [-0.3, -0.25) is 0 Å². The predicted molar refractivity (Wildman–Crippen MR) is 83.1 cm³/mol. The first-order valence-electron chi connectivity index (χ1n) is 7.60. The maximum Gasteiger partial charge on any atom is 0.0162 e. The van der Waals surface area contributed by atoms with Crippen LogP contribution in [0.4, 0.5) is 0 Å². The van der Waals surface area contributed by atoms with Crippen molar-refractivity contribution in [2.45, 2.75) is 47.0 Å². The lowest BCUT2D eigenvalue weighted by atomic mass is 10.00. The number of hydrogen-bond donors (Lipinski definition) is 0. The van der Waals surface area contributed by atoms with E-state index in [1.54, 1.807) is 5.57 Å². The molecule has 0 atom stereocenters. The van der Waals surface area contributed by atoms with Gasteiger partial charge in [0.05, 0.1) is 0 Å². The molecule has 18 heavy (non-hydrogen) atoms. The van der Waals surface area contributed by atoms with E-state index in [0.29, 0.717) is 0 Å². The smallest absolute Gasteiger partial charge is 0.0162 e. The van der Waals surface area contributed by atoms with Crippen molar-refractivity contribution >= 4 is 0 Å². The molecule has 2 aliphatic rings. The third-order valence-electron chi connectivity index (χ3n) is 3.65. The van der Waals surface area contributed by atoms with E-state index < -0.39 is 0 Å². The Kier molecular flexibility index (Phi) is 10.4. The summed E-state index contributed by atoms with van der Waals surface area (Å²) in [5.74, 6) is 0.978. The van der Waals surface area contributed by atoms with Gasteiger partial charge in [-0.25, -0.2) is 0 Å². The molecule has 0 saturated carbocycles. The van der Waals surface area contributed by atoms with E-state index in [2.05, 4.69) is 43.8 Å². The van der Waals surface area contributed by atoms with E-state index >= 15 is 0 Å². The Hall–Kier alpha value is -0.340. The summed E-state index contributed by atoms with van der Waals surface area (Å²) in [6, 6.07) is 0. The van der Waals surface area contributed by atoms with E-state index in [4.69, 9.17) is 0 Å². The highest BCUT2D eigenvalue weighted by Crippen LogP contribution is 2.13. The fraction of sp³-hybridized carbons (Fsp3) is 0.875. The van der Waals surface area contributed by atoms with Crippen molar-refractivity contribution in [1.82, 2.24) is 9.80 Å². The van der Waals surface area contributed by atoms with Gasteiger partial charge in [0.2, 0.25) is 0 Å². The SMILES string of the molecule is CC.CC1=CCN(C)CC1.CC1CCN(C)CC1. The summed E-state index contributed by atoms with van der Waals surface area (Å²) in [6.07, 6.45) is 6.35. The summed E-state index contributed by atoms with van der Waals surface area (Å²) < 4.78 is 0. The van der Waals surface area contributed by atoms with Gasteiger partial charge in [0.15, 0.2) is 0 Å². The normalized spacial score (nSPS) is 22.2. The molecule has 2 rings (SSSR count). The minimum absolute atomic E-state index is 0.978. The van der Waals surface area contributed by atoms with Crippen LogP contribution in [0.3, 0.4) is 0 Å². The molecule has 0 unspecified atom stereocenters. The van der Waals surface area contributed by atoms with Crippen LogP contribution in [-0.4, -0.2) is 50.1 Å². The molecule has 2 aliphatic heterocycles. The molecule has 108 valence electrons. The largest absolute Gasteiger partial charge is 0.306 e. The van der Waals surface area contributed by atoms with E-state index in [0.717, 1.165) is 12.5 Å². The summed E-state index contributed by atoms with van der Waals surface area (Å²) >= 11 is 0. The third kappa shape index (κ3) is 8.71. The number of nitrogens with zero attached hydrogens (tertiary/aromatic N) is 2. The van der Waals surface area contributed by atoms with Crippen LogP contribution < -0.4 is 0 Å². The molecule has 0 aliphatic carbocycles. The molecular weight excluding hydrogens is 220 g/mol. The highest BCUT2D eigenvalue weighted by atomic mass is 15.1. The lowest BCUT2D eigenvalue weighted by Crippen LogP contribution is -2.28. The van der Waals surface area contributed by atoms with Crippen molar-refractivity contribution < 1.29 is 0 Å². The van der Waals surface area contributed by atoms with Gasteiger partial charge in [0, 0.05) is 13.1 Å². The van der Waals surface area contributed by atoms with Crippen LogP contribution in [-0.2, 0) is 0 Å². The quantitative estimate of drug-likeness (QED) is 0.609. The molecule has 0 aromatic heterocycles. The van der Waals surface area contributed by atoms with Crippen LogP contribution in [0.5, 0.6) is 0 Å². The van der Waals surface area contributed by atoms with Crippen LogP contribution in [0.1, 0.15) is 47.0 Å². The van der Waals surface area contributed by atoms with Crippen LogP contribution in [0, 0.1) is 5.92 Å². The van der Waals surface area contributed by atoms with Crippen molar-refractivity contribution in [3.63, 3.8) is 0 Å². The lowest BCUT2D eigenvalue weighted by Gasteiger charge is -2.26. The molecule has 0 aromatic rings. The highest BCUT2D eigenvalue weighted by Gasteiger charge is 2.10. The first kappa shape index (κ1) is 17.7. The van der Waals surface area contributed by atoms with Crippen LogP contribution >= 0.6 is 0 Å². The Balaban J connectivity index is 0.000000283. The van der Waals surface area contributed by atoms with Crippen LogP contribution in [0.25, 0.3) is 0 Å². The van der Waals surface area contributed by atoms with E-state index in [-0.39, 0.29) is 0 Å². The molecule has 0 bridgehead atoms.